The molecule has 0 radical (unpaired) electrons. The minimum atomic E-state index is -0.376. The van der Waals surface area contributed by atoms with Crippen molar-refractivity contribution >= 4 is 96.3 Å². The summed E-state index contributed by atoms with van der Waals surface area (Å²) in [5.74, 6) is 0.976. The highest BCUT2D eigenvalue weighted by atomic mass is 127. The van der Waals surface area contributed by atoms with Crippen molar-refractivity contribution in [2.75, 3.05) is 7.11 Å². The molecule has 148 valence electrons. The lowest BCUT2D eigenvalue weighted by atomic mass is 9.80. The molecule has 4 nitrogen and oxygen atoms in total. The molecule has 1 aliphatic rings. The molecule has 29 heavy (non-hydrogen) atoms. The Kier molecular flexibility index (Phi) is 6.52. The molecule has 1 atom stereocenters. The molecule has 0 aliphatic carbocycles. The zero-order valence-corrected chi connectivity index (χ0v) is 23.4. The Balaban J connectivity index is 2.09. The number of carbonyl (C=O) groups excluding carboxylic acids is 1. The van der Waals surface area contributed by atoms with E-state index in [9.17, 15) is 9.90 Å². The van der Waals surface area contributed by atoms with E-state index in [0.717, 1.165) is 33.2 Å². The Hall–Kier alpha value is -0.350. The normalized spacial score (nSPS) is 14.6. The number of benzene rings is 3. The fourth-order valence-corrected chi connectivity index (χ4v) is 7.31. The second-order valence-corrected chi connectivity index (χ2v) is 11.0. The lowest BCUT2D eigenvalue weighted by molar-refractivity contribution is 0.0599. The number of aromatic hydroxyl groups is 1. The summed E-state index contributed by atoms with van der Waals surface area (Å²) in [6.07, 6.45) is 0. The van der Waals surface area contributed by atoms with Gasteiger partial charge in [-0.25, -0.2) is 4.79 Å². The van der Waals surface area contributed by atoms with Crippen LogP contribution in [0.3, 0.4) is 0 Å². The van der Waals surface area contributed by atoms with Crippen LogP contribution in [0.4, 0.5) is 0 Å². The quantitative estimate of drug-likeness (QED) is 0.177. The van der Waals surface area contributed by atoms with Crippen LogP contribution in [0.1, 0.15) is 33.0 Å². The van der Waals surface area contributed by atoms with Gasteiger partial charge in [0.15, 0.2) is 0 Å². The second kappa shape index (κ2) is 8.65. The number of fused-ring (bicyclic) bond motifs is 2. The van der Waals surface area contributed by atoms with E-state index in [4.69, 9.17) is 9.47 Å². The molecular weight excluding hydrogens is 824 g/mol. The zero-order chi connectivity index (χ0) is 20.9. The van der Waals surface area contributed by atoms with Gasteiger partial charge in [-0.05, 0) is 120 Å². The molecule has 4 rings (SSSR count). The van der Waals surface area contributed by atoms with Gasteiger partial charge >= 0.3 is 5.97 Å². The summed E-state index contributed by atoms with van der Waals surface area (Å²) in [5, 5.41) is 10.5. The van der Waals surface area contributed by atoms with Crippen LogP contribution < -0.4 is 4.74 Å². The highest BCUT2D eigenvalue weighted by molar-refractivity contribution is 14.1. The number of carbonyl (C=O) groups is 1. The maximum Gasteiger partial charge on any atom is 0.338 e. The molecule has 1 aliphatic heterocycles. The molecule has 8 heteroatoms. The topological polar surface area (TPSA) is 55.8 Å². The molecule has 0 saturated carbocycles. The van der Waals surface area contributed by atoms with Crippen LogP contribution in [-0.2, 0) is 4.74 Å². The van der Waals surface area contributed by atoms with E-state index in [2.05, 4.69) is 96.4 Å². The molecule has 0 saturated heterocycles. The lowest BCUT2D eigenvalue weighted by Crippen LogP contribution is -2.17. The van der Waals surface area contributed by atoms with E-state index in [1.54, 1.807) is 6.07 Å². The average molecular weight is 836 g/mol. The summed E-state index contributed by atoms with van der Waals surface area (Å²) in [5.41, 5.74) is 3.27. The number of hydrogen-bond acceptors (Lipinski definition) is 4. The number of halogens is 4. The van der Waals surface area contributed by atoms with Gasteiger partial charge in [-0.15, -0.1) is 0 Å². The van der Waals surface area contributed by atoms with E-state index in [-0.39, 0.29) is 17.6 Å². The Bertz CT molecular complexity index is 1160. The van der Waals surface area contributed by atoms with Gasteiger partial charge in [0.2, 0.25) is 0 Å². The first kappa shape index (κ1) is 21.9. The van der Waals surface area contributed by atoms with E-state index in [0.29, 0.717) is 14.9 Å². The van der Waals surface area contributed by atoms with Crippen molar-refractivity contribution in [2.24, 2.45) is 0 Å². The van der Waals surface area contributed by atoms with Gasteiger partial charge in [-0.3, -0.25) is 0 Å². The van der Waals surface area contributed by atoms with Crippen LogP contribution in [0.25, 0.3) is 0 Å². The first-order chi connectivity index (χ1) is 13.8. The number of phenolic OH excluding ortho intramolecular Hbond substituents is 1. The second-order valence-electron chi connectivity index (χ2n) is 6.36. The standard InChI is InChI=1S/C21H12I4O4/c1-28-21(27)11-5-3-2-4-10(11)16-12-6-9(22)7-15(24)19(12)29-20-13(16)8-14(23)18(26)17(20)25/h2-8,16,26H,1H3. The van der Waals surface area contributed by atoms with Crippen LogP contribution in [0.15, 0.2) is 42.5 Å². The lowest BCUT2D eigenvalue weighted by Gasteiger charge is -2.31. The molecule has 1 N–H and O–H groups in total. The van der Waals surface area contributed by atoms with Crippen LogP contribution >= 0.6 is 90.4 Å². The summed E-state index contributed by atoms with van der Waals surface area (Å²) < 4.78 is 14.8. The highest BCUT2D eigenvalue weighted by Gasteiger charge is 2.35. The summed E-state index contributed by atoms with van der Waals surface area (Å²) in [6.45, 7) is 0. The van der Waals surface area contributed by atoms with Crippen molar-refractivity contribution in [3.8, 4) is 17.2 Å². The molecule has 0 spiro atoms. The van der Waals surface area contributed by atoms with Gasteiger partial charge in [-0.2, -0.15) is 0 Å². The number of ether oxygens (including phenoxy) is 2. The third-order valence-corrected chi connectivity index (χ3v) is 7.97. The maximum atomic E-state index is 12.5. The third kappa shape index (κ3) is 3.86. The average Bonchev–Trinajstić information content (AvgIpc) is 2.70. The van der Waals surface area contributed by atoms with Crippen molar-refractivity contribution < 1.29 is 19.4 Å². The first-order valence-electron chi connectivity index (χ1n) is 8.38. The van der Waals surface area contributed by atoms with Crippen molar-refractivity contribution in [3.63, 3.8) is 0 Å². The number of hydrogen-bond donors (Lipinski definition) is 1. The number of methoxy groups -OCH3 is 1. The molecule has 1 unspecified atom stereocenters. The minimum Gasteiger partial charge on any atom is -0.506 e. The van der Waals surface area contributed by atoms with Crippen molar-refractivity contribution in [2.45, 2.75) is 5.92 Å². The van der Waals surface area contributed by atoms with Crippen molar-refractivity contribution in [3.05, 3.63) is 79.0 Å². The van der Waals surface area contributed by atoms with Gasteiger partial charge < -0.3 is 14.6 Å². The van der Waals surface area contributed by atoms with E-state index in [1.807, 2.05) is 30.3 Å². The fraction of sp³-hybridized carbons (Fsp3) is 0.0952. The monoisotopic (exact) mass is 836 g/mol. The largest absolute Gasteiger partial charge is 0.506 e. The number of rotatable bonds is 2. The van der Waals surface area contributed by atoms with Gasteiger partial charge in [0, 0.05) is 20.6 Å². The maximum absolute atomic E-state index is 12.5. The first-order valence-corrected chi connectivity index (χ1v) is 12.7. The van der Waals surface area contributed by atoms with Crippen molar-refractivity contribution in [1.82, 2.24) is 0 Å². The summed E-state index contributed by atoms with van der Waals surface area (Å²) in [4.78, 5) is 12.5. The van der Waals surface area contributed by atoms with E-state index in [1.165, 1.54) is 7.11 Å². The fourth-order valence-electron chi connectivity index (χ4n) is 3.48. The molecule has 0 aromatic heterocycles. The van der Waals surface area contributed by atoms with Gasteiger partial charge in [0.1, 0.15) is 17.2 Å². The molecule has 0 fully saturated rings. The predicted molar refractivity (Wildman–Crippen MR) is 144 cm³/mol. The van der Waals surface area contributed by atoms with Gasteiger partial charge in [0.05, 0.1) is 23.4 Å². The van der Waals surface area contributed by atoms with Gasteiger partial charge in [0.25, 0.3) is 0 Å². The Morgan fingerprint density at radius 1 is 0.966 bits per heavy atom. The van der Waals surface area contributed by atoms with Crippen LogP contribution in [0.5, 0.6) is 17.2 Å². The Morgan fingerprint density at radius 3 is 2.38 bits per heavy atom. The van der Waals surface area contributed by atoms with Gasteiger partial charge in [-0.1, -0.05) is 18.2 Å². The van der Waals surface area contributed by atoms with E-state index >= 15 is 0 Å². The zero-order valence-electron chi connectivity index (χ0n) is 14.8. The molecule has 3 aromatic carbocycles. The highest BCUT2D eigenvalue weighted by Crippen LogP contribution is 2.53. The summed E-state index contributed by atoms with van der Waals surface area (Å²) in [6, 6.07) is 13.6. The number of phenols is 1. The SMILES string of the molecule is COC(=O)c1ccccc1C1c2cc(I)cc(I)c2Oc2c1cc(I)c(O)c2I. The predicted octanol–water partition coefficient (Wildman–Crippen LogP) is 6.88. The van der Waals surface area contributed by atoms with Crippen LogP contribution in [-0.4, -0.2) is 18.2 Å². The smallest absolute Gasteiger partial charge is 0.338 e. The molecule has 0 bridgehead atoms. The summed E-state index contributed by atoms with van der Waals surface area (Å²) in [7, 11) is 1.39. The summed E-state index contributed by atoms with van der Waals surface area (Å²) >= 11 is 8.80. The number of esters is 1. The minimum absolute atomic E-state index is 0.203. The molecule has 3 aromatic rings. The third-order valence-electron chi connectivity index (χ3n) is 4.72. The molecule has 0 amide bonds. The van der Waals surface area contributed by atoms with Crippen molar-refractivity contribution in [1.29, 1.82) is 0 Å². The Labute approximate surface area is 222 Å². The van der Waals surface area contributed by atoms with Crippen LogP contribution in [0, 0.1) is 14.3 Å². The Morgan fingerprint density at radius 2 is 1.66 bits per heavy atom. The molecular formula is C21H12I4O4. The van der Waals surface area contributed by atoms with Crippen LogP contribution in [0.2, 0.25) is 0 Å². The van der Waals surface area contributed by atoms with E-state index < -0.39 is 0 Å². The molecule has 1 heterocycles.